The smallest absolute Gasteiger partial charge is 0.114 e. The molecule has 0 aromatic carbocycles. The number of hydrogen-bond acceptors (Lipinski definition) is 3. The predicted molar refractivity (Wildman–Crippen MR) is 63.7 cm³/mol. The van der Waals surface area contributed by atoms with Crippen LogP contribution in [-0.4, -0.2) is 41.2 Å². The fourth-order valence-electron chi connectivity index (χ4n) is 2.33. The average Bonchev–Trinajstić information content (AvgIpc) is 2.63. The maximum Gasteiger partial charge on any atom is 0.114 e. The van der Waals surface area contributed by atoms with E-state index >= 15 is 0 Å². The molecule has 1 aliphatic heterocycles. The van der Waals surface area contributed by atoms with Gasteiger partial charge in [-0.1, -0.05) is 0 Å². The van der Waals surface area contributed by atoms with Crippen LogP contribution in [0.4, 0.5) is 4.39 Å². The first-order chi connectivity index (χ1) is 8.05. The molecule has 2 unspecified atom stereocenters. The highest BCUT2D eigenvalue weighted by Crippen LogP contribution is 2.23. The number of alkyl halides is 1. The summed E-state index contributed by atoms with van der Waals surface area (Å²) >= 11 is 0. The Morgan fingerprint density at radius 2 is 2.53 bits per heavy atom. The first-order valence-electron chi connectivity index (χ1n) is 6.03. The van der Waals surface area contributed by atoms with Crippen molar-refractivity contribution in [1.82, 2.24) is 15.1 Å². The van der Waals surface area contributed by atoms with Crippen LogP contribution in [0.1, 0.15) is 18.9 Å². The molecule has 0 aliphatic carbocycles. The quantitative estimate of drug-likeness (QED) is 0.857. The zero-order chi connectivity index (χ0) is 12.3. The lowest BCUT2D eigenvalue weighted by Gasteiger charge is -2.29. The van der Waals surface area contributed by atoms with Crippen LogP contribution in [0.3, 0.4) is 0 Å². The van der Waals surface area contributed by atoms with Gasteiger partial charge in [-0.25, -0.2) is 4.39 Å². The number of rotatable bonds is 4. The molecular formula is C12H20FN3O. The van der Waals surface area contributed by atoms with Crippen molar-refractivity contribution < 1.29 is 9.13 Å². The van der Waals surface area contributed by atoms with Gasteiger partial charge < -0.3 is 10.1 Å². The zero-order valence-electron chi connectivity index (χ0n) is 10.4. The third kappa shape index (κ3) is 3.78. The van der Waals surface area contributed by atoms with Crippen LogP contribution in [0.2, 0.25) is 0 Å². The van der Waals surface area contributed by atoms with Gasteiger partial charge in [-0.15, -0.1) is 0 Å². The second kappa shape index (κ2) is 5.14. The highest BCUT2D eigenvalue weighted by Gasteiger charge is 2.29. The largest absolute Gasteiger partial charge is 0.379 e. The maximum atomic E-state index is 14.4. The van der Waals surface area contributed by atoms with Crippen LogP contribution < -0.4 is 5.32 Å². The van der Waals surface area contributed by atoms with E-state index in [-0.39, 0.29) is 6.04 Å². The molecule has 1 N–H and O–H groups in total. The first-order valence-corrected chi connectivity index (χ1v) is 6.03. The van der Waals surface area contributed by atoms with Gasteiger partial charge in [-0.2, -0.15) is 5.10 Å². The fourth-order valence-corrected chi connectivity index (χ4v) is 2.33. The molecule has 1 aromatic rings. The molecule has 1 fully saturated rings. The molecule has 0 saturated carbocycles. The Morgan fingerprint density at radius 3 is 3.12 bits per heavy atom. The van der Waals surface area contributed by atoms with Crippen molar-refractivity contribution in [3.8, 4) is 0 Å². The lowest BCUT2D eigenvalue weighted by molar-refractivity contribution is 0.0483. The SMILES string of the molecule is Cn1cc(CC(C)(F)CC2COCCN2)cn1. The summed E-state index contributed by atoms with van der Waals surface area (Å²) in [7, 11) is 1.84. The highest BCUT2D eigenvalue weighted by atomic mass is 19.1. The van der Waals surface area contributed by atoms with Crippen molar-refractivity contribution in [2.75, 3.05) is 19.8 Å². The normalized spacial score (nSPS) is 24.5. The molecule has 1 aliphatic rings. The van der Waals surface area contributed by atoms with E-state index < -0.39 is 5.67 Å². The highest BCUT2D eigenvalue weighted by molar-refractivity contribution is 5.08. The van der Waals surface area contributed by atoms with E-state index in [1.54, 1.807) is 17.8 Å². The number of aryl methyl sites for hydroxylation is 1. The number of nitrogens with zero attached hydrogens (tertiary/aromatic N) is 2. The number of morpholine rings is 1. The molecule has 0 bridgehead atoms. The summed E-state index contributed by atoms with van der Waals surface area (Å²) in [6, 6.07) is 0.121. The van der Waals surface area contributed by atoms with Gasteiger partial charge in [0.15, 0.2) is 0 Å². The molecular weight excluding hydrogens is 221 g/mol. The minimum Gasteiger partial charge on any atom is -0.379 e. The number of aromatic nitrogens is 2. The molecule has 17 heavy (non-hydrogen) atoms. The third-order valence-corrected chi connectivity index (χ3v) is 3.00. The first kappa shape index (κ1) is 12.5. The van der Waals surface area contributed by atoms with Gasteiger partial charge in [-0.3, -0.25) is 4.68 Å². The van der Waals surface area contributed by atoms with Crippen LogP contribution in [0, 0.1) is 0 Å². The van der Waals surface area contributed by atoms with E-state index in [1.165, 1.54) is 0 Å². The van der Waals surface area contributed by atoms with Crippen LogP contribution in [-0.2, 0) is 18.2 Å². The van der Waals surface area contributed by atoms with Crippen molar-refractivity contribution >= 4 is 0 Å². The van der Waals surface area contributed by atoms with E-state index in [0.29, 0.717) is 19.4 Å². The van der Waals surface area contributed by atoms with Gasteiger partial charge in [-0.05, 0) is 18.9 Å². The van der Waals surface area contributed by atoms with E-state index in [1.807, 2.05) is 13.2 Å². The number of hydrogen-bond donors (Lipinski definition) is 1. The van der Waals surface area contributed by atoms with E-state index in [9.17, 15) is 4.39 Å². The summed E-state index contributed by atoms with van der Waals surface area (Å²) in [4.78, 5) is 0. The Morgan fingerprint density at radius 1 is 1.71 bits per heavy atom. The minimum atomic E-state index is -1.22. The monoisotopic (exact) mass is 241 g/mol. The van der Waals surface area contributed by atoms with Gasteiger partial charge in [0, 0.05) is 32.3 Å². The summed E-state index contributed by atoms with van der Waals surface area (Å²) in [5, 5.41) is 7.34. The van der Waals surface area contributed by atoms with Crippen molar-refractivity contribution in [1.29, 1.82) is 0 Å². The van der Waals surface area contributed by atoms with Crippen molar-refractivity contribution in [2.45, 2.75) is 31.5 Å². The number of halogens is 1. The Bertz CT molecular complexity index is 358. The number of nitrogens with one attached hydrogen (secondary N) is 1. The Labute approximate surface area is 101 Å². The summed E-state index contributed by atoms with van der Waals surface area (Å²) in [5.41, 5.74) is -0.282. The second-order valence-corrected chi connectivity index (χ2v) is 5.04. The van der Waals surface area contributed by atoms with Crippen LogP contribution in [0.5, 0.6) is 0 Å². The zero-order valence-corrected chi connectivity index (χ0v) is 10.4. The lowest BCUT2D eigenvalue weighted by Crippen LogP contribution is -2.45. The summed E-state index contributed by atoms with van der Waals surface area (Å²) < 4.78 is 21.5. The minimum absolute atomic E-state index is 0.121. The molecule has 1 aromatic heterocycles. The van der Waals surface area contributed by atoms with Gasteiger partial charge in [0.25, 0.3) is 0 Å². The third-order valence-electron chi connectivity index (χ3n) is 3.00. The van der Waals surface area contributed by atoms with Crippen LogP contribution in [0.15, 0.2) is 12.4 Å². The molecule has 2 atom stereocenters. The second-order valence-electron chi connectivity index (χ2n) is 5.04. The van der Waals surface area contributed by atoms with Crippen molar-refractivity contribution in [2.24, 2.45) is 7.05 Å². The molecule has 2 heterocycles. The molecule has 0 amide bonds. The van der Waals surface area contributed by atoms with E-state index in [0.717, 1.165) is 18.7 Å². The van der Waals surface area contributed by atoms with Gasteiger partial charge >= 0.3 is 0 Å². The fraction of sp³-hybridized carbons (Fsp3) is 0.750. The predicted octanol–water partition coefficient (Wildman–Crippen LogP) is 1.07. The topological polar surface area (TPSA) is 39.1 Å². The van der Waals surface area contributed by atoms with Gasteiger partial charge in [0.05, 0.1) is 19.4 Å². The lowest BCUT2D eigenvalue weighted by atomic mass is 9.92. The standard InChI is InChI=1S/C12H20FN3O/c1-12(13,5-10-7-15-16(2)8-10)6-11-9-17-4-3-14-11/h7-8,11,14H,3-6,9H2,1-2H3. The Kier molecular flexibility index (Phi) is 3.79. The Hall–Kier alpha value is -0.940. The maximum absolute atomic E-state index is 14.4. The Balaban J connectivity index is 1.88. The molecule has 96 valence electrons. The van der Waals surface area contributed by atoms with Crippen molar-refractivity contribution in [3.05, 3.63) is 18.0 Å². The molecule has 5 heteroatoms. The molecule has 2 rings (SSSR count). The van der Waals surface area contributed by atoms with Crippen molar-refractivity contribution in [3.63, 3.8) is 0 Å². The molecule has 0 radical (unpaired) electrons. The van der Waals surface area contributed by atoms with E-state index in [2.05, 4.69) is 10.4 Å². The average molecular weight is 241 g/mol. The summed E-state index contributed by atoms with van der Waals surface area (Å²) in [6.07, 6.45) is 4.46. The van der Waals surface area contributed by atoms with Crippen LogP contribution in [0.25, 0.3) is 0 Å². The number of ether oxygens (including phenoxy) is 1. The van der Waals surface area contributed by atoms with Gasteiger partial charge in [0.1, 0.15) is 5.67 Å². The van der Waals surface area contributed by atoms with E-state index in [4.69, 9.17) is 4.74 Å². The molecule has 4 nitrogen and oxygen atoms in total. The summed E-state index contributed by atoms with van der Waals surface area (Å²) in [5.74, 6) is 0. The molecule has 1 saturated heterocycles. The molecule has 0 spiro atoms. The van der Waals surface area contributed by atoms with Gasteiger partial charge in [0.2, 0.25) is 0 Å². The summed E-state index contributed by atoms with van der Waals surface area (Å²) in [6.45, 7) is 3.79. The van der Waals surface area contributed by atoms with Crippen LogP contribution >= 0.6 is 0 Å².